The Kier molecular flexibility index (Phi) is 5.73. The second-order valence-electron chi connectivity index (χ2n) is 6.95. The summed E-state index contributed by atoms with van der Waals surface area (Å²) in [5.41, 5.74) is 0. The number of carbonyl (C=O) groups is 2. The Morgan fingerprint density at radius 2 is 1.88 bits per heavy atom. The van der Waals surface area contributed by atoms with Crippen LogP contribution in [0.3, 0.4) is 0 Å². The Morgan fingerprint density at radius 1 is 1.17 bits per heavy atom. The standard InChI is InChI=1S/C17H28N2O5/c1-22-16(21)14-4-2-3-9-19(14)12-15(20)18-13-5-7-17(8-6-13)23-10-11-24-17/h13-14H,2-12H2,1H3,(H,18,20). The van der Waals surface area contributed by atoms with Crippen LogP contribution in [-0.2, 0) is 23.8 Å². The summed E-state index contributed by atoms with van der Waals surface area (Å²) < 4.78 is 16.3. The third-order valence-corrected chi connectivity index (χ3v) is 5.36. The van der Waals surface area contributed by atoms with Crippen molar-refractivity contribution in [2.75, 3.05) is 33.4 Å². The summed E-state index contributed by atoms with van der Waals surface area (Å²) in [7, 11) is 1.40. The highest BCUT2D eigenvalue weighted by atomic mass is 16.7. The maximum Gasteiger partial charge on any atom is 0.323 e. The molecule has 1 N–H and O–H groups in total. The molecule has 7 heteroatoms. The third-order valence-electron chi connectivity index (χ3n) is 5.36. The molecular formula is C17H28N2O5. The van der Waals surface area contributed by atoms with Gasteiger partial charge in [0.1, 0.15) is 6.04 Å². The van der Waals surface area contributed by atoms with Crippen LogP contribution in [0.2, 0.25) is 0 Å². The van der Waals surface area contributed by atoms with E-state index >= 15 is 0 Å². The quantitative estimate of drug-likeness (QED) is 0.764. The zero-order valence-corrected chi connectivity index (χ0v) is 14.4. The normalized spacial score (nSPS) is 28.0. The molecule has 3 aliphatic rings. The molecule has 1 saturated carbocycles. The monoisotopic (exact) mass is 340 g/mol. The Labute approximate surface area is 143 Å². The molecule has 2 saturated heterocycles. The second kappa shape index (κ2) is 7.80. The molecular weight excluding hydrogens is 312 g/mol. The summed E-state index contributed by atoms with van der Waals surface area (Å²) in [5.74, 6) is -0.651. The van der Waals surface area contributed by atoms with Gasteiger partial charge in [-0.25, -0.2) is 0 Å². The van der Waals surface area contributed by atoms with Gasteiger partial charge >= 0.3 is 5.97 Å². The van der Waals surface area contributed by atoms with Crippen LogP contribution in [0.4, 0.5) is 0 Å². The van der Waals surface area contributed by atoms with Crippen LogP contribution in [0, 0.1) is 0 Å². The number of carbonyl (C=O) groups excluding carboxylic acids is 2. The van der Waals surface area contributed by atoms with Crippen LogP contribution in [0.5, 0.6) is 0 Å². The van der Waals surface area contributed by atoms with Gasteiger partial charge in [-0.3, -0.25) is 14.5 Å². The molecule has 3 fully saturated rings. The van der Waals surface area contributed by atoms with Gasteiger partial charge in [0.05, 0.1) is 26.9 Å². The Bertz CT molecular complexity index is 454. The molecule has 0 aromatic carbocycles. The van der Waals surface area contributed by atoms with Crippen LogP contribution in [0.25, 0.3) is 0 Å². The predicted octanol–water partition coefficient (Wildman–Crippen LogP) is 0.816. The highest BCUT2D eigenvalue weighted by Crippen LogP contribution is 2.35. The van der Waals surface area contributed by atoms with Crippen molar-refractivity contribution in [1.82, 2.24) is 10.2 Å². The van der Waals surface area contributed by atoms with Crippen molar-refractivity contribution in [3.05, 3.63) is 0 Å². The number of nitrogens with zero attached hydrogens (tertiary/aromatic N) is 1. The number of amides is 1. The average molecular weight is 340 g/mol. The summed E-state index contributed by atoms with van der Waals surface area (Å²) in [5, 5.41) is 3.11. The van der Waals surface area contributed by atoms with E-state index in [1.165, 1.54) is 7.11 Å². The zero-order chi connectivity index (χ0) is 17.0. The molecule has 1 spiro atoms. The van der Waals surface area contributed by atoms with Crippen LogP contribution in [0.1, 0.15) is 44.9 Å². The Hall–Kier alpha value is -1.18. The molecule has 3 rings (SSSR count). The zero-order valence-electron chi connectivity index (χ0n) is 14.4. The molecule has 1 unspecified atom stereocenters. The Balaban J connectivity index is 1.46. The van der Waals surface area contributed by atoms with Crippen molar-refractivity contribution in [1.29, 1.82) is 0 Å². The first-order valence-corrected chi connectivity index (χ1v) is 9.01. The van der Waals surface area contributed by atoms with E-state index in [4.69, 9.17) is 14.2 Å². The number of rotatable bonds is 4. The van der Waals surface area contributed by atoms with Gasteiger partial charge in [-0.15, -0.1) is 0 Å². The minimum Gasteiger partial charge on any atom is -0.468 e. The van der Waals surface area contributed by atoms with Crippen LogP contribution >= 0.6 is 0 Å². The van der Waals surface area contributed by atoms with Crippen molar-refractivity contribution < 1.29 is 23.8 Å². The summed E-state index contributed by atoms with van der Waals surface area (Å²) in [4.78, 5) is 26.2. The molecule has 24 heavy (non-hydrogen) atoms. The Morgan fingerprint density at radius 3 is 2.54 bits per heavy atom. The second-order valence-corrected chi connectivity index (χ2v) is 6.95. The average Bonchev–Trinajstić information content (AvgIpc) is 3.05. The maximum absolute atomic E-state index is 12.4. The number of ether oxygens (including phenoxy) is 3. The number of nitrogens with one attached hydrogen (secondary N) is 1. The van der Waals surface area contributed by atoms with Crippen LogP contribution in [0.15, 0.2) is 0 Å². The molecule has 2 aliphatic heterocycles. The minimum absolute atomic E-state index is 0.0139. The number of esters is 1. The minimum atomic E-state index is -0.399. The van der Waals surface area contributed by atoms with E-state index < -0.39 is 5.79 Å². The van der Waals surface area contributed by atoms with Gasteiger partial charge in [-0.05, 0) is 32.2 Å². The van der Waals surface area contributed by atoms with Gasteiger partial charge < -0.3 is 19.5 Å². The van der Waals surface area contributed by atoms with Crippen molar-refractivity contribution in [2.45, 2.75) is 62.8 Å². The fourth-order valence-electron chi connectivity index (χ4n) is 4.03. The van der Waals surface area contributed by atoms with Crippen molar-refractivity contribution in [3.8, 4) is 0 Å². The molecule has 1 aliphatic carbocycles. The lowest BCUT2D eigenvalue weighted by Crippen LogP contribution is -2.51. The van der Waals surface area contributed by atoms with E-state index in [1.807, 2.05) is 4.90 Å². The van der Waals surface area contributed by atoms with Crippen LogP contribution in [-0.4, -0.2) is 68.1 Å². The van der Waals surface area contributed by atoms with Crippen molar-refractivity contribution in [3.63, 3.8) is 0 Å². The summed E-state index contributed by atoms with van der Waals surface area (Å²) >= 11 is 0. The third kappa shape index (κ3) is 4.07. The molecule has 2 heterocycles. The molecule has 0 aromatic rings. The molecule has 1 amide bonds. The first kappa shape index (κ1) is 17.6. The van der Waals surface area contributed by atoms with E-state index in [0.717, 1.165) is 51.5 Å². The first-order valence-electron chi connectivity index (χ1n) is 9.01. The summed E-state index contributed by atoms with van der Waals surface area (Å²) in [6, 6.07) is -0.123. The van der Waals surface area contributed by atoms with Gasteiger partial charge in [-0.2, -0.15) is 0 Å². The van der Waals surface area contributed by atoms with E-state index in [0.29, 0.717) is 13.2 Å². The topological polar surface area (TPSA) is 77.1 Å². The smallest absolute Gasteiger partial charge is 0.323 e. The van der Waals surface area contributed by atoms with E-state index in [1.54, 1.807) is 0 Å². The van der Waals surface area contributed by atoms with Gasteiger partial charge in [-0.1, -0.05) is 6.42 Å². The maximum atomic E-state index is 12.4. The highest BCUT2D eigenvalue weighted by molar-refractivity contribution is 5.80. The lowest BCUT2D eigenvalue weighted by molar-refractivity contribution is -0.180. The number of hydrogen-bond acceptors (Lipinski definition) is 6. The predicted molar refractivity (Wildman–Crippen MR) is 86.3 cm³/mol. The summed E-state index contributed by atoms with van der Waals surface area (Å²) in [6.45, 7) is 2.36. The molecule has 0 bridgehead atoms. The molecule has 7 nitrogen and oxygen atoms in total. The van der Waals surface area contributed by atoms with Crippen LogP contribution < -0.4 is 5.32 Å². The number of piperidine rings is 1. The van der Waals surface area contributed by atoms with Gasteiger partial charge in [0.25, 0.3) is 0 Å². The number of methoxy groups -OCH3 is 1. The lowest BCUT2D eigenvalue weighted by Gasteiger charge is -2.36. The lowest BCUT2D eigenvalue weighted by atomic mass is 9.90. The van der Waals surface area contributed by atoms with Gasteiger partial charge in [0.2, 0.25) is 5.91 Å². The summed E-state index contributed by atoms with van der Waals surface area (Å²) in [6.07, 6.45) is 6.17. The van der Waals surface area contributed by atoms with Gasteiger partial charge in [0.15, 0.2) is 5.79 Å². The van der Waals surface area contributed by atoms with Crippen molar-refractivity contribution in [2.24, 2.45) is 0 Å². The first-order chi connectivity index (χ1) is 11.6. The largest absolute Gasteiger partial charge is 0.468 e. The SMILES string of the molecule is COC(=O)C1CCCCN1CC(=O)NC1CCC2(CC1)OCCO2. The van der Waals surface area contributed by atoms with E-state index in [2.05, 4.69) is 5.32 Å². The fraction of sp³-hybridized carbons (Fsp3) is 0.882. The van der Waals surface area contributed by atoms with E-state index in [9.17, 15) is 9.59 Å². The van der Waals surface area contributed by atoms with Gasteiger partial charge in [0, 0.05) is 18.9 Å². The molecule has 0 aromatic heterocycles. The molecule has 1 atom stereocenters. The molecule has 0 radical (unpaired) electrons. The fourth-order valence-corrected chi connectivity index (χ4v) is 4.03. The number of likely N-dealkylation sites (tertiary alicyclic amines) is 1. The van der Waals surface area contributed by atoms with Crippen molar-refractivity contribution >= 4 is 11.9 Å². The van der Waals surface area contributed by atoms with E-state index in [-0.39, 0.29) is 30.5 Å². The highest BCUT2D eigenvalue weighted by Gasteiger charge is 2.40. The number of hydrogen-bond donors (Lipinski definition) is 1. The molecule has 136 valence electrons.